The zero-order valence-corrected chi connectivity index (χ0v) is 10.3. The molecule has 1 N–H and O–H groups in total. The minimum atomic E-state index is 0.824. The van der Waals surface area contributed by atoms with Gasteiger partial charge >= 0.3 is 0 Å². The fraction of sp³-hybridized carbons (Fsp3) is 0.500. The van der Waals surface area contributed by atoms with E-state index in [-0.39, 0.29) is 0 Å². The molecule has 1 nitrogen and oxygen atoms in total. The Morgan fingerprint density at radius 2 is 2.40 bits per heavy atom. The lowest BCUT2D eigenvalue weighted by atomic mass is 9.94. The van der Waals surface area contributed by atoms with Crippen molar-refractivity contribution in [2.24, 2.45) is 5.92 Å². The van der Waals surface area contributed by atoms with Gasteiger partial charge in [0.1, 0.15) is 0 Å². The van der Waals surface area contributed by atoms with Gasteiger partial charge in [-0.15, -0.1) is 11.3 Å². The number of rotatable bonds is 4. The van der Waals surface area contributed by atoms with Crippen molar-refractivity contribution in [3.8, 4) is 0 Å². The lowest BCUT2D eigenvalue weighted by Gasteiger charge is -2.17. The molecule has 0 bridgehead atoms. The summed E-state index contributed by atoms with van der Waals surface area (Å²) >= 11 is 7.59. The molecule has 1 aromatic heterocycles. The fourth-order valence-corrected chi connectivity index (χ4v) is 2.93. The first kappa shape index (κ1) is 11.2. The van der Waals surface area contributed by atoms with Gasteiger partial charge in [-0.2, -0.15) is 0 Å². The van der Waals surface area contributed by atoms with Gasteiger partial charge in [-0.1, -0.05) is 23.8 Å². The second-order valence-corrected chi connectivity index (χ2v) is 5.44. The van der Waals surface area contributed by atoms with Crippen LogP contribution in [0.25, 0.3) is 0 Å². The second-order valence-electron chi connectivity index (χ2n) is 4.01. The normalized spacial score (nSPS) is 20.7. The Morgan fingerprint density at radius 1 is 1.47 bits per heavy atom. The van der Waals surface area contributed by atoms with Gasteiger partial charge in [0.2, 0.25) is 0 Å². The monoisotopic (exact) mass is 241 g/mol. The van der Waals surface area contributed by atoms with Gasteiger partial charge in [0.25, 0.3) is 0 Å². The van der Waals surface area contributed by atoms with Crippen molar-refractivity contribution in [2.45, 2.75) is 25.8 Å². The maximum absolute atomic E-state index is 5.86. The van der Waals surface area contributed by atoms with E-state index in [1.807, 2.05) is 11.4 Å². The van der Waals surface area contributed by atoms with Gasteiger partial charge in [0.05, 0.1) is 5.02 Å². The quantitative estimate of drug-likeness (QED) is 0.790. The number of hydrogen-bond donors (Lipinski definition) is 1. The average molecular weight is 242 g/mol. The Kier molecular flexibility index (Phi) is 4.24. The number of hydrogen-bond acceptors (Lipinski definition) is 2. The predicted octanol–water partition coefficient (Wildman–Crippen LogP) is 3.85. The molecule has 15 heavy (non-hydrogen) atoms. The Morgan fingerprint density at radius 3 is 3.07 bits per heavy atom. The van der Waals surface area contributed by atoms with E-state index in [1.165, 1.54) is 24.1 Å². The number of nitrogens with one attached hydrogen (secondary N) is 1. The summed E-state index contributed by atoms with van der Waals surface area (Å²) in [6, 6.07) is 2.04. The summed E-state index contributed by atoms with van der Waals surface area (Å²) < 4.78 is 0. The molecule has 0 amide bonds. The van der Waals surface area contributed by atoms with E-state index in [4.69, 9.17) is 11.6 Å². The van der Waals surface area contributed by atoms with Gasteiger partial charge in [0.15, 0.2) is 0 Å². The van der Waals surface area contributed by atoms with Crippen molar-refractivity contribution in [3.63, 3.8) is 0 Å². The van der Waals surface area contributed by atoms with Crippen molar-refractivity contribution in [1.82, 2.24) is 5.32 Å². The molecule has 0 saturated carbocycles. The number of allylic oxidation sites excluding steroid dienone is 2. The molecule has 0 fully saturated rings. The van der Waals surface area contributed by atoms with Crippen LogP contribution in [0.4, 0.5) is 0 Å². The largest absolute Gasteiger partial charge is 0.312 e. The zero-order chi connectivity index (χ0) is 10.5. The highest BCUT2D eigenvalue weighted by atomic mass is 35.5. The minimum absolute atomic E-state index is 0.824. The van der Waals surface area contributed by atoms with Crippen LogP contribution in [0.3, 0.4) is 0 Å². The van der Waals surface area contributed by atoms with Crippen LogP contribution >= 0.6 is 22.9 Å². The van der Waals surface area contributed by atoms with Gasteiger partial charge in [0, 0.05) is 16.8 Å². The lowest BCUT2D eigenvalue weighted by molar-refractivity contribution is 0.441. The first-order chi connectivity index (χ1) is 7.34. The standard InChI is InChI=1S/C12H16ClNS/c13-11-6-12(15-9-11)8-14-7-10-4-2-1-3-5-10/h1-2,6,9-10,14H,3-5,7-8H2. The SMILES string of the molecule is Clc1csc(CNCC2CC=CCC2)c1. The summed E-state index contributed by atoms with van der Waals surface area (Å²) in [6.45, 7) is 2.08. The van der Waals surface area contributed by atoms with Crippen LogP contribution < -0.4 is 5.32 Å². The molecular weight excluding hydrogens is 226 g/mol. The minimum Gasteiger partial charge on any atom is -0.312 e. The second kappa shape index (κ2) is 5.69. The molecule has 3 heteroatoms. The molecule has 0 aromatic carbocycles. The van der Waals surface area contributed by atoms with Crippen LogP contribution in [-0.4, -0.2) is 6.54 Å². The van der Waals surface area contributed by atoms with Crippen molar-refractivity contribution in [1.29, 1.82) is 0 Å². The molecule has 0 saturated heterocycles. The third kappa shape index (κ3) is 3.63. The molecule has 1 aliphatic carbocycles. The van der Waals surface area contributed by atoms with Crippen LogP contribution in [0, 0.1) is 5.92 Å². The molecule has 2 rings (SSSR count). The van der Waals surface area contributed by atoms with E-state index in [0.29, 0.717) is 0 Å². The van der Waals surface area contributed by atoms with E-state index in [0.717, 1.165) is 24.0 Å². The summed E-state index contributed by atoms with van der Waals surface area (Å²) in [5, 5.41) is 6.35. The molecule has 0 aliphatic heterocycles. The van der Waals surface area contributed by atoms with Gasteiger partial charge < -0.3 is 5.32 Å². The third-order valence-corrected chi connectivity index (χ3v) is 4.02. The summed E-state index contributed by atoms with van der Waals surface area (Å²) in [4.78, 5) is 1.33. The molecule has 1 aliphatic rings. The Hall–Kier alpha value is -0.310. The molecule has 1 aromatic rings. The molecule has 1 unspecified atom stereocenters. The van der Waals surface area contributed by atoms with E-state index in [1.54, 1.807) is 11.3 Å². The maximum atomic E-state index is 5.86. The molecule has 82 valence electrons. The maximum Gasteiger partial charge on any atom is 0.0516 e. The Balaban J connectivity index is 1.68. The predicted molar refractivity (Wildman–Crippen MR) is 67.5 cm³/mol. The highest BCUT2D eigenvalue weighted by molar-refractivity contribution is 7.10. The van der Waals surface area contributed by atoms with Crippen molar-refractivity contribution in [3.05, 3.63) is 33.5 Å². The van der Waals surface area contributed by atoms with Gasteiger partial charge in [-0.05, 0) is 37.8 Å². The number of thiophene rings is 1. The van der Waals surface area contributed by atoms with Crippen LogP contribution in [-0.2, 0) is 6.54 Å². The topological polar surface area (TPSA) is 12.0 Å². The van der Waals surface area contributed by atoms with E-state index in [9.17, 15) is 0 Å². The van der Waals surface area contributed by atoms with E-state index in [2.05, 4.69) is 17.5 Å². The fourth-order valence-electron chi connectivity index (χ4n) is 1.89. The highest BCUT2D eigenvalue weighted by Crippen LogP contribution is 2.20. The summed E-state index contributed by atoms with van der Waals surface area (Å²) in [5.74, 6) is 0.824. The van der Waals surface area contributed by atoms with Crippen LogP contribution in [0.1, 0.15) is 24.1 Å². The van der Waals surface area contributed by atoms with Crippen LogP contribution in [0.15, 0.2) is 23.6 Å². The molecular formula is C12H16ClNS. The Labute approximate surface area is 100 Å². The first-order valence-electron chi connectivity index (χ1n) is 5.43. The summed E-state index contributed by atoms with van der Waals surface area (Å²) in [7, 11) is 0. The first-order valence-corrected chi connectivity index (χ1v) is 6.69. The van der Waals surface area contributed by atoms with Crippen molar-refractivity contribution < 1.29 is 0 Å². The molecule has 1 atom stereocenters. The smallest absolute Gasteiger partial charge is 0.0516 e. The highest BCUT2D eigenvalue weighted by Gasteiger charge is 2.08. The van der Waals surface area contributed by atoms with Crippen molar-refractivity contribution in [2.75, 3.05) is 6.54 Å². The number of halogens is 1. The average Bonchev–Trinajstić information content (AvgIpc) is 2.66. The molecule has 0 spiro atoms. The van der Waals surface area contributed by atoms with Gasteiger partial charge in [-0.25, -0.2) is 0 Å². The lowest BCUT2D eigenvalue weighted by Crippen LogP contribution is -2.22. The third-order valence-electron chi connectivity index (χ3n) is 2.73. The zero-order valence-electron chi connectivity index (χ0n) is 8.71. The molecule has 1 heterocycles. The van der Waals surface area contributed by atoms with E-state index >= 15 is 0 Å². The molecule has 0 radical (unpaired) electrons. The van der Waals surface area contributed by atoms with Crippen LogP contribution in [0.5, 0.6) is 0 Å². The Bertz CT molecular complexity index is 332. The van der Waals surface area contributed by atoms with E-state index < -0.39 is 0 Å². The van der Waals surface area contributed by atoms with Gasteiger partial charge in [-0.3, -0.25) is 0 Å². The van der Waals surface area contributed by atoms with Crippen molar-refractivity contribution >= 4 is 22.9 Å². The summed E-state index contributed by atoms with van der Waals surface area (Å²) in [6.07, 6.45) is 8.40. The van der Waals surface area contributed by atoms with Crippen LogP contribution in [0.2, 0.25) is 5.02 Å². The summed E-state index contributed by atoms with van der Waals surface area (Å²) in [5.41, 5.74) is 0.